The lowest BCUT2D eigenvalue weighted by molar-refractivity contribution is -0.140. The number of aliphatic hydroxyl groups is 1. The summed E-state index contributed by atoms with van der Waals surface area (Å²) in [6.07, 6.45) is 5.29. The number of aromatic nitrogens is 3. The van der Waals surface area contributed by atoms with E-state index in [-0.39, 0.29) is 18.6 Å². The van der Waals surface area contributed by atoms with Crippen LogP contribution in [0.5, 0.6) is 0 Å². The van der Waals surface area contributed by atoms with Crippen LogP contribution < -0.4 is 0 Å². The summed E-state index contributed by atoms with van der Waals surface area (Å²) in [5.74, 6) is 0.0756. The predicted molar refractivity (Wildman–Crippen MR) is 92.9 cm³/mol. The Bertz CT molecular complexity index is 757. The summed E-state index contributed by atoms with van der Waals surface area (Å²) < 4.78 is 7.24. The van der Waals surface area contributed by atoms with Gasteiger partial charge in [-0.3, -0.25) is 19.4 Å². The van der Waals surface area contributed by atoms with Gasteiger partial charge in [-0.25, -0.2) is 0 Å². The number of nitrogens with zero attached hydrogens (tertiary/aromatic N) is 5. The average molecular weight is 357 g/mol. The van der Waals surface area contributed by atoms with Gasteiger partial charge in [-0.05, 0) is 11.6 Å². The topological polar surface area (TPSA) is 83.7 Å². The van der Waals surface area contributed by atoms with E-state index < -0.39 is 0 Å². The van der Waals surface area contributed by atoms with E-state index in [9.17, 15) is 9.90 Å². The monoisotopic (exact) mass is 357 g/mol. The summed E-state index contributed by atoms with van der Waals surface area (Å²) >= 11 is 0. The summed E-state index contributed by atoms with van der Waals surface area (Å²) in [6, 6.07) is 3.48. The van der Waals surface area contributed by atoms with Crippen LogP contribution in [0.3, 0.4) is 0 Å². The minimum atomic E-state index is -0.351. The molecule has 0 spiro atoms. The first-order valence-electron chi connectivity index (χ1n) is 8.93. The van der Waals surface area contributed by atoms with Gasteiger partial charge in [0, 0.05) is 37.6 Å². The number of aliphatic hydroxyl groups excluding tert-OH is 1. The van der Waals surface area contributed by atoms with Crippen LogP contribution in [0, 0.1) is 0 Å². The van der Waals surface area contributed by atoms with Crippen LogP contribution in [0.25, 0.3) is 0 Å². The van der Waals surface area contributed by atoms with E-state index in [0.29, 0.717) is 32.8 Å². The van der Waals surface area contributed by atoms with Crippen molar-refractivity contribution in [2.45, 2.75) is 25.7 Å². The number of pyridine rings is 1. The molecule has 4 heterocycles. The van der Waals surface area contributed by atoms with Crippen molar-refractivity contribution in [1.29, 1.82) is 0 Å². The van der Waals surface area contributed by atoms with Crippen molar-refractivity contribution in [1.82, 2.24) is 24.6 Å². The first-order chi connectivity index (χ1) is 12.8. The van der Waals surface area contributed by atoms with Crippen molar-refractivity contribution >= 4 is 5.91 Å². The number of fused-ring (bicyclic) bond motifs is 1. The number of amides is 1. The number of hydrogen-bond acceptors (Lipinski definition) is 6. The standard InChI is InChI=1S/C18H23N5O3/c24-7-4-23-16-13-22(12-15(16)11-20-23)18(25)17(14-2-1-3-19-10-14)21-5-8-26-9-6-21/h1-3,10-11,17,24H,4-9,12-13H2. The lowest BCUT2D eigenvalue weighted by Gasteiger charge is -2.35. The first-order valence-corrected chi connectivity index (χ1v) is 8.93. The van der Waals surface area contributed by atoms with E-state index in [0.717, 1.165) is 29.9 Å². The summed E-state index contributed by atoms with van der Waals surface area (Å²) in [5.41, 5.74) is 2.98. The summed E-state index contributed by atoms with van der Waals surface area (Å²) in [5, 5.41) is 13.5. The maximum Gasteiger partial charge on any atom is 0.245 e. The van der Waals surface area contributed by atoms with E-state index in [2.05, 4.69) is 15.0 Å². The maximum atomic E-state index is 13.4. The van der Waals surface area contributed by atoms with Crippen molar-refractivity contribution in [3.05, 3.63) is 47.5 Å². The second-order valence-electron chi connectivity index (χ2n) is 6.59. The first kappa shape index (κ1) is 17.1. The Kier molecular flexibility index (Phi) is 4.96. The molecule has 1 amide bonds. The van der Waals surface area contributed by atoms with Gasteiger partial charge in [0.2, 0.25) is 5.91 Å². The van der Waals surface area contributed by atoms with E-state index in [1.54, 1.807) is 23.3 Å². The quantitative estimate of drug-likeness (QED) is 0.822. The van der Waals surface area contributed by atoms with Gasteiger partial charge in [0.15, 0.2) is 0 Å². The van der Waals surface area contributed by atoms with Crippen LogP contribution in [0.1, 0.15) is 22.9 Å². The maximum absolute atomic E-state index is 13.4. The third-order valence-corrected chi connectivity index (χ3v) is 5.01. The van der Waals surface area contributed by atoms with Gasteiger partial charge in [-0.15, -0.1) is 0 Å². The predicted octanol–water partition coefficient (Wildman–Crippen LogP) is 0.186. The Morgan fingerprint density at radius 3 is 2.85 bits per heavy atom. The number of hydrogen-bond donors (Lipinski definition) is 1. The molecular weight excluding hydrogens is 334 g/mol. The highest BCUT2D eigenvalue weighted by atomic mass is 16.5. The molecule has 1 unspecified atom stereocenters. The highest BCUT2D eigenvalue weighted by Crippen LogP contribution is 2.29. The lowest BCUT2D eigenvalue weighted by Crippen LogP contribution is -2.46. The molecule has 0 bridgehead atoms. The normalized spacial score (nSPS) is 18.7. The van der Waals surface area contributed by atoms with E-state index >= 15 is 0 Å². The van der Waals surface area contributed by atoms with Crippen molar-refractivity contribution in [3.63, 3.8) is 0 Å². The second kappa shape index (κ2) is 7.53. The van der Waals surface area contributed by atoms with Crippen molar-refractivity contribution < 1.29 is 14.6 Å². The third kappa shape index (κ3) is 3.23. The molecule has 1 fully saturated rings. The molecule has 0 radical (unpaired) electrons. The van der Waals surface area contributed by atoms with Gasteiger partial charge in [0.25, 0.3) is 0 Å². The number of rotatable bonds is 5. The van der Waals surface area contributed by atoms with Crippen LogP contribution in [-0.2, 0) is 29.2 Å². The Balaban J connectivity index is 1.57. The van der Waals surface area contributed by atoms with Crippen molar-refractivity contribution in [3.8, 4) is 0 Å². The SMILES string of the molecule is O=C(C(c1cccnc1)N1CCOCC1)N1Cc2cnn(CCO)c2C1. The molecule has 2 aliphatic rings. The zero-order valence-corrected chi connectivity index (χ0v) is 14.6. The minimum Gasteiger partial charge on any atom is -0.394 e. The molecule has 26 heavy (non-hydrogen) atoms. The Hall–Kier alpha value is -2.29. The average Bonchev–Trinajstić information content (AvgIpc) is 3.26. The Labute approximate surface area is 152 Å². The fraction of sp³-hybridized carbons (Fsp3) is 0.500. The summed E-state index contributed by atoms with van der Waals surface area (Å²) in [6.45, 7) is 4.29. The number of carbonyl (C=O) groups is 1. The molecule has 1 atom stereocenters. The highest BCUT2D eigenvalue weighted by Gasteiger charge is 2.36. The lowest BCUT2D eigenvalue weighted by atomic mass is 10.1. The van der Waals surface area contributed by atoms with Gasteiger partial charge in [0.05, 0.1) is 44.8 Å². The van der Waals surface area contributed by atoms with Crippen molar-refractivity contribution in [2.24, 2.45) is 0 Å². The van der Waals surface area contributed by atoms with Crippen molar-refractivity contribution in [2.75, 3.05) is 32.9 Å². The minimum absolute atomic E-state index is 0.0359. The number of ether oxygens (including phenoxy) is 1. The van der Waals surface area contributed by atoms with E-state index in [1.807, 2.05) is 17.0 Å². The molecule has 2 aliphatic heterocycles. The smallest absolute Gasteiger partial charge is 0.245 e. The van der Waals surface area contributed by atoms with Crippen LogP contribution >= 0.6 is 0 Å². The van der Waals surface area contributed by atoms with Gasteiger partial charge in [-0.2, -0.15) is 5.10 Å². The number of morpholine rings is 1. The summed E-state index contributed by atoms with van der Waals surface area (Å²) in [7, 11) is 0. The zero-order valence-electron chi connectivity index (χ0n) is 14.6. The Morgan fingerprint density at radius 1 is 1.27 bits per heavy atom. The molecule has 0 aliphatic carbocycles. The van der Waals surface area contributed by atoms with Crippen LogP contribution in [0.15, 0.2) is 30.7 Å². The molecule has 2 aromatic rings. The second-order valence-corrected chi connectivity index (χ2v) is 6.59. The molecule has 1 saturated heterocycles. The molecule has 0 saturated carbocycles. The van der Waals surface area contributed by atoms with Gasteiger partial charge in [-0.1, -0.05) is 6.07 Å². The van der Waals surface area contributed by atoms with Gasteiger partial charge >= 0.3 is 0 Å². The van der Waals surface area contributed by atoms with Crippen LogP contribution in [0.4, 0.5) is 0 Å². The van der Waals surface area contributed by atoms with Crippen LogP contribution in [0.2, 0.25) is 0 Å². The largest absolute Gasteiger partial charge is 0.394 e. The van der Waals surface area contributed by atoms with Crippen LogP contribution in [-0.4, -0.2) is 68.5 Å². The summed E-state index contributed by atoms with van der Waals surface area (Å²) in [4.78, 5) is 21.7. The Morgan fingerprint density at radius 2 is 2.12 bits per heavy atom. The van der Waals surface area contributed by atoms with Gasteiger partial charge in [0.1, 0.15) is 6.04 Å². The third-order valence-electron chi connectivity index (χ3n) is 5.01. The number of carbonyl (C=O) groups excluding carboxylic acids is 1. The molecule has 8 heteroatoms. The zero-order chi connectivity index (χ0) is 17.9. The fourth-order valence-corrected chi connectivity index (χ4v) is 3.71. The molecule has 0 aromatic carbocycles. The van der Waals surface area contributed by atoms with Gasteiger partial charge < -0.3 is 14.7 Å². The van der Waals surface area contributed by atoms with E-state index in [1.165, 1.54) is 0 Å². The molecule has 4 rings (SSSR count). The molecular formula is C18H23N5O3. The van der Waals surface area contributed by atoms with E-state index in [4.69, 9.17) is 4.74 Å². The molecule has 8 nitrogen and oxygen atoms in total. The molecule has 138 valence electrons. The highest BCUT2D eigenvalue weighted by molar-refractivity contribution is 5.83. The fourth-order valence-electron chi connectivity index (χ4n) is 3.71. The molecule has 1 N–H and O–H groups in total. The molecule has 2 aromatic heterocycles.